The van der Waals surface area contributed by atoms with Crippen LogP contribution < -0.4 is 11.2 Å². The third-order valence-corrected chi connectivity index (χ3v) is 1.81. The summed E-state index contributed by atoms with van der Waals surface area (Å²) in [5.41, 5.74) is -0.608. The van der Waals surface area contributed by atoms with E-state index in [9.17, 15) is 9.59 Å². The third kappa shape index (κ3) is 1.56. The van der Waals surface area contributed by atoms with Crippen LogP contribution in [0.5, 0.6) is 0 Å². The summed E-state index contributed by atoms with van der Waals surface area (Å²) in [7, 11) is 1.52. The standard InChI is InChI=1S/C9H11N3O2/c1-4-5-6-7(10-2)12(3)9(14)11-8(6)13/h4-5H,2H2,1,3H3,(H,11,13,14)/b5-4-. The lowest BCUT2D eigenvalue weighted by atomic mass is 10.3. The van der Waals surface area contributed by atoms with Crippen LogP contribution in [0.3, 0.4) is 0 Å². The zero-order valence-electron chi connectivity index (χ0n) is 8.07. The van der Waals surface area contributed by atoms with Crippen molar-refractivity contribution in [1.29, 1.82) is 0 Å². The van der Waals surface area contributed by atoms with Crippen molar-refractivity contribution in [2.75, 3.05) is 0 Å². The Morgan fingerprint density at radius 3 is 2.64 bits per heavy atom. The van der Waals surface area contributed by atoms with Crippen molar-refractivity contribution in [2.24, 2.45) is 12.0 Å². The lowest BCUT2D eigenvalue weighted by Crippen LogP contribution is -2.29. The van der Waals surface area contributed by atoms with E-state index in [2.05, 4.69) is 16.7 Å². The molecule has 0 unspecified atom stereocenters. The van der Waals surface area contributed by atoms with Gasteiger partial charge in [-0.2, -0.15) is 0 Å². The van der Waals surface area contributed by atoms with E-state index in [1.807, 2.05) is 0 Å². The second-order valence-electron chi connectivity index (χ2n) is 2.71. The average Bonchev–Trinajstić information content (AvgIpc) is 2.15. The first-order chi connectivity index (χ1) is 6.61. The zero-order chi connectivity index (χ0) is 10.7. The molecule has 0 atom stereocenters. The molecule has 0 aromatic carbocycles. The normalized spacial score (nSPS) is 10.7. The van der Waals surface area contributed by atoms with Gasteiger partial charge in [-0.1, -0.05) is 6.08 Å². The van der Waals surface area contributed by atoms with Gasteiger partial charge in [-0.25, -0.2) is 9.79 Å². The Bertz CT molecular complexity index is 494. The number of aliphatic imine (C=N–C) groups is 1. The Morgan fingerprint density at radius 1 is 1.50 bits per heavy atom. The van der Waals surface area contributed by atoms with E-state index in [-0.39, 0.29) is 5.82 Å². The lowest BCUT2D eigenvalue weighted by Gasteiger charge is -2.04. The molecule has 0 aliphatic rings. The molecule has 1 aromatic rings. The molecule has 1 aromatic heterocycles. The van der Waals surface area contributed by atoms with Gasteiger partial charge < -0.3 is 0 Å². The van der Waals surface area contributed by atoms with E-state index < -0.39 is 11.2 Å². The second kappa shape index (κ2) is 3.87. The predicted octanol–water partition coefficient (Wildman–Crippen LogP) is 0.439. The average molecular weight is 193 g/mol. The maximum atomic E-state index is 11.4. The monoisotopic (exact) mass is 193 g/mol. The Labute approximate surface area is 80.4 Å². The number of hydrogen-bond acceptors (Lipinski definition) is 3. The number of aromatic nitrogens is 2. The van der Waals surface area contributed by atoms with Crippen molar-refractivity contribution >= 4 is 18.6 Å². The maximum Gasteiger partial charge on any atom is 0.329 e. The van der Waals surface area contributed by atoms with Crippen molar-refractivity contribution in [3.8, 4) is 0 Å². The highest BCUT2D eigenvalue weighted by molar-refractivity contribution is 5.61. The van der Waals surface area contributed by atoms with E-state index in [4.69, 9.17) is 0 Å². The fourth-order valence-corrected chi connectivity index (χ4v) is 1.13. The van der Waals surface area contributed by atoms with Gasteiger partial charge in [0.05, 0.1) is 5.56 Å². The lowest BCUT2D eigenvalue weighted by molar-refractivity contribution is 0.800. The van der Waals surface area contributed by atoms with Gasteiger partial charge in [0.15, 0.2) is 0 Å². The highest BCUT2D eigenvalue weighted by atomic mass is 16.2. The third-order valence-electron chi connectivity index (χ3n) is 1.81. The molecule has 74 valence electrons. The van der Waals surface area contributed by atoms with E-state index in [1.54, 1.807) is 19.1 Å². The highest BCUT2D eigenvalue weighted by Gasteiger charge is 2.07. The molecule has 0 bridgehead atoms. The van der Waals surface area contributed by atoms with Gasteiger partial charge in [0, 0.05) is 7.05 Å². The SMILES string of the molecule is C=Nc1c(/C=C\C)c(=O)[nH]c(=O)n1C. The second-order valence-corrected chi connectivity index (χ2v) is 2.71. The van der Waals surface area contributed by atoms with Gasteiger partial charge in [0.2, 0.25) is 0 Å². The minimum Gasteiger partial charge on any atom is -0.281 e. The Morgan fingerprint density at radius 2 is 2.14 bits per heavy atom. The summed E-state index contributed by atoms with van der Waals surface area (Å²) in [4.78, 5) is 28.4. The molecule has 0 aliphatic heterocycles. The summed E-state index contributed by atoms with van der Waals surface area (Å²) in [5, 5.41) is 0. The largest absolute Gasteiger partial charge is 0.329 e. The number of aromatic amines is 1. The van der Waals surface area contributed by atoms with E-state index in [0.29, 0.717) is 5.56 Å². The smallest absolute Gasteiger partial charge is 0.281 e. The van der Waals surface area contributed by atoms with Crippen LogP contribution in [-0.4, -0.2) is 16.3 Å². The van der Waals surface area contributed by atoms with Gasteiger partial charge in [0.1, 0.15) is 5.82 Å². The molecule has 0 amide bonds. The molecule has 5 nitrogen and oxygen atoms in total. The summed E-state index contributed by atoms with van der Waals surface area (Å²) >= 11 is 0. The molecule has 0 aliphatic carbocycles. The number of nitrogens with zero attached hydrogens (tertiary/aromatic N) is 2. The molecular weight excluding hydrogens is 182 g/mol. The minimum atomic E-state index is -0.495. The summed E-state index contributed by atoms with van der Waals surface area (Å²) in [6.45, 7) is 5.10. The molecule has 1 N–H and O–H groups in total. The number of rotatable bonds is 2. The van der Waals surface area contributed by atoms with Crippen molar-refractivity contribution in [2.45, 2.75) is 6.92 Å². The van der Waals surface area contributed by atoms with Crippen LogP contribution in [0.15, 0.2) is 20.7 Å². The molecule has 1 rings (SSSR count). The van der Waals surface area contributed by atoms with Crippen LogP contribution in [0.2, 0.25) is 0 Å². The fourth-order valence-electron chi connectivity index (χ4n) is 1.13. The number of H-pyrrole nitrogens is 1. The van der Waals surface area contributed by atoms with Crippen molar-refractivity contribution in [3.63, 3.8) is 0 Å². The van der Waals surface area contributed by atoms with Gasteiger partial charge in [-0.15, -0.1) is 0 Å². The first kappa shape index (κ1) is 10.2. The van der Waals surface area contributed by atoms with Gasteiger partial charge >= 0.3 is 5.69 Å². The van der Waals surface area contributed by atoms with Crippen LogP contribution in [0.4, 0.5) is 5.82 Å². The summed E-state index contributed by atoms with van der Waals surface area (Å²) < 4.78 is 1.24. The summed E-state index contributed by atoms with van der Waals surface area (Å²) in [6, 6.07) is 0. The van der Waals surface area contributed by atoms with E-state index in [1.165, 1.54) is 11.6 Å². The Hall–Kier alpha value is -1.91. The molecule has 0 saturated heterocycles. The molecule has 0 fully saturated rings. The van der Waals surface area contributed by atoms with Gasteiger partial charge in [0.25, 0.3) is 5.56 Å². The van der Waals surface area contributed by atoms with E-state index >= 15 is 0 Å². The van der Waals surface area contributed by atoms with Crippen molar-refractivity contribution in [3.05, 3.63) is 32.5 Å². The molecular formula is C9H11N3O2. The fraction of sp³-hybridized carbons (Fsp3) is 0.222. The molecule has 0 radical (unpaired) electrons. The van der Waals surface area contributed by atoms with Crippen LogP contribution in [0.1, 0.15) is 12.5 Å². The van der Waals surface area contributed by atoms with Gasteiger partial charge in [-0.3, -0.25) is 14.3 Å². The van der Waals surface area contributed by atoms with E-state index in [0.717, 1.165) is 0 Å². The molecule has 1 heterocycles. The summed E-state index contributed by atoms with van der Waals surface area (Å²) in [5.74, 6) is 0.275. The topological polar surface area (TPSA) is 67.2 Å². The van der Waals surface area contributed by atoms with Crippen LogP contribution >= 0.6 is 0 Å². The van der Waals surface area contributed by atoms with Crippen molar-refractivity contribution < 1.29 is 0 Å². The number of allylic oxidation sites excluding steroid dienone is 1. The van der Waals surface area contributed by atoms with Gasteiger partial charge in [-0.05, 0) is 19.7 Å². The molecule has 0 saturated carbocycles. The first-order valence-electron chi connectivity index (χ1n) is 4.04. The van der Waals surface area contributed by atoms with Crippen molar-refractivity contribution in [1.82, 2.24) is 9.55 Å². The van der Waals surface area contributed by atoms with Crippen LogP contribution in [-0.2, 0) is 7.05 Å². The Kier molecular flexibility index (Phi) is 2.81. The number of nitrogens with one attached hydrogen (secondary N) is 1. The summed E-state index contributed by atoms with van der Waals surface area (Å²) in [6.07, 6.45) is 3.28. The highest BCUT2D eigenvalue weighted by Crippen LogP contribution is 2.12. The molecule has 14 heavy (non-hydrogen) atoms. The quantitative estimate of drug-likeness (QED) is 0.692. The Balaban J connectivity index is 3.72. The van der Waals surface area contributed by atoms with Crippen LogP contribution in [0, 0.1) is 0 Å². The molecule has 5 heteroatoms. The zero-order valence-corrected chi connectivity index (χ0v) is 8.07. The first-order valence-corrected chi connectivity index (χ1v) is 4.04. The minimum absolute atomic E-state index is 0.275. The molecule has 0 spiro atoms. The number of hydrogen-bond donors (Lipinski definition) is 1. The van der Waals surface area contributed by atoms with Crippen LogP contribution in [0.25, 0.3) is 6.08 Å². The predicted molar refractivity (Wildman–Crippen MR) is 56.2 cm³/mol. The maximum absolute atomic E-state index is 11.4.